The van der Waals surface area contributed by atoms with E-state index in [2.05, 4.69) is 6.08 Å². The third kappa shape index (κ3) is 2.12. The minimum Gasteiger partial charge on any atom is -0.481 e. The van der Waals surface area contributed by atoms with Gasteiger partial charge in [-0.05, 0) is 31.2 Å². The van der Waals surface area contributed by atoms with Crippen molar-refractivity contribution in [3.8, 4) is 0 Å². The van der Waals surface area contributed by atoms with Gasteiger partial charge in [-0.25, -0.2) is 0 Å². The summed E-state index contributed by atoms with van der Waals surface area (Å²) in [4.78, 5) is 11.3. The molecular weight excluding hydrogens is 212 g/mol. The Kier molecular flexibility index (Phi) is 3.05. The van der Waals surface area contributed by atoms with Gasteiger partial charge in [0.05, 0.1) is 5.41 Å². The quantitative estimate of drug-likeness (QED) is 0.858. The molecule has 1 N–H and O–H groups in total. The number of carbonyl (C=O) groups is 1. The number of allylic oxidation sites excluding steroid dienone is 1. The molecule has 2 nitrogen and oxygen atoms in total. The van der Waals surface area contributed by atoms with Crippen LogP contribution in [0.4, 0.5) is 0 Å². The first-order valence-electron chi connectivity index (χ1n) is 6.07. The van der Waals surface area contributed by atoms with Crippen LogP contribution in [0.15, 0.2) is 35.9 Å². The van der Waals surface area contributed by atoms with Crippen molar-refractivity contribution in [1.82, 2.24) is 0 Å². The van der Waals surface area contributed by atoms with Gasteiger partial charge in [-0.3, -0.25) is 4.79 Å². The number of benzene rings is 1. The van der Waals surface area contributed by atoms with E-state index in [1.54, 1.807) is 0 Å². The van der Waals surface area contributed by atoms with Crippen LogP contribution in [0, 0.1) is 11.3 Å². The maximum absolute atomic E-state index is 11.3. The van der Waals surface area contributed by atoms with Gasteiger partial charge in [0.2, 0.25) is 0 Å². The molecule has 1 saturated carbocycles. The zero-order valence-electron chi connectivity index (χ0n) is 10.3. The summed E-state index contributed by atoms with van der Waals surface area (Å²) in [6, 6.07) is 10.1. The van der Waals surface area contributed by atoms with E-state index < -0.39 is 11.4 Å². The maximum Gasteiger partial charge on any atom is 0.310 e. The van der Waals surface area contributed by atoms with Gasteiger partial charge in [0.25, 0.3) is 0 Å². The number of hydrogen-bond acceptors (Lipinski definition) is 1. The molecule has 2 unspecified atom stereocenters. The fourth-order valence-corrected chi connectivity index (χ4v) is 2.59. The zero-order chi connectivity index (χ0) is 12.5. The lowest BCUT2D eigenvalue weighted by Crippen LogP contribution is -2.16. The van der Waals surface area contributed by atoms with Crippen LogP contribution in [0.3, 0.4) is 0 Å². The summed E-state index contributed by atoms with van der Waals surface area (Å²) >= 11 is 0. The molecule has 1 fully saturated rings. The minimum absolute atomic E-state index is 0.213. The molecule has 0 amide bonds. The molecule has 17 heavy (non-hydrogen) atoms. The van der Waals surface area contributed by atoms with Gasteiger partial charge in [-0.2, -0.15) is 0 Å². The molecule has 1 aromatic rings. The van der Waals surface area contributed by atoms with E-state index in [0.717, 1.165) is 12.0 Å². The summed E-state index contributed by atoms with van der Waals surface area (Å²) in [6.07, 6.45) is 3.60. The van der Waals surface area contributed by atoms with Crippen LogP contribution in [0.25, 0.3) is 6.08 Å². The Labute approximate surface area is 102 Å². The summed E-state index contributed by atoms with van der Waals surface area (Å²) in [5, 5.41) is 9.26. The molecule has 0 heterocycles. The van der Waals surface area contributed by atoms with Crippen molar-refractivity contribution < 1.29 is 9.90 Å². The molecule has 0 aromatic heterocycles. The first-order valence-corrected chi connectivity index (χ1v) is 6.07. The van der Waals surface area contributed by atoms with Crippen molar-refractivity contribution in [2.45, 2.75) is 26.7 Å². The fraction of sp³-hybridized carbons (Fsp3) is 0.400. The van der Waals surface area contributed by atoms with Crippen molar-refractivity contribution in [1.29, 1.82) is 0 Å². The van der Waals surface area contributed by atoms with Gasteiger partial charge >= 0.3 is 5.97 Å². The zero-order valence-corrected chi connectivity index (χ0v) is 10.3. The van der Waals surface area contributed by atoms with Crippen molar-refractivity contribution >= 4 is 12.0 Å². The second-order valence-electron chi connectivity index (χ2n) is 4.87. The molecule has 1 aromatic carbocycles. The number of carboxylic acid groups (broad SMARTS) is 1. The van der Waals surface area contributed by atoms with Crippen LogP contribution in [-0.2, 0) is 4.79 Å². The van der Waals surface area contributed by atoms with E-state index in [9.17, 15) is 9.90 Å². The molecule has 0 radical (unpaired) electrons. The number of rotatable bonds is 4. The van der Waals surface area contributed by atoms with Crippen molar-refractivity contribution in [2.24, 2.45) is 11.3 Å². The lowest BCUT2D eigenvalue weighted by atomic mass is 9.96. The molecular formula is C15H18O2. The van der Waals surface area contributed by atoms with E-state index >= 15 is 0 Å². The second kappa shape index (κ2) is 4.36. The predicted octanol–water partition coefficient (Wildman–Crippen LogP) is 3.59. The monoisotopic (exact) mass is 230 g/mol. The summed E-state index contributed by atoms with van der Waals surface area (Å²) in [5.74, 6) is -0.434. The van der Waals surface area contributed by atoms with E-state index in [4.69, 9.17) is 0 Å². The highest BCUT2D eigenvalue weighted by atomic mass is 16.4. The molecule has 0 spiro atoms. The normalized spacial score (nSPS) is 27.9. The average Bonchev–Trinajstić information content (AvgIpc) is 3.06. The van der Waals surface area contributed by atoms with E-state index in [0.29, 0.717) is 6.42 Å². The number of hydrogen-bond donors (Lipinski definition) is 1. The predicted molar refractivity (Wildman–Crippen MR) is 68.6 cm³/mol. The lowest BCUT2D eigenvalue weighted by molar-refractivity contribution is -0.143. The summed E-state index contributed by atoms with van der Waals surface area (Å²) in [5.41, 5.74) is 1.84. The SMILES string of the molecule is CCC1(C(=O)O)CC1/C(C)=C/c1ccccc1. The molecule has 0 saturated heterocycles. The van der Waals surface area contributed by atoms with Crippen LogP contribution >= 0.6 is 0 Å². The maximum atomic E-state index is 11.3. The van der Waals surface area contributed by atoms with Gasteiger partial charge in [0, 0.05) is 0 Å². The Hall–Kier alpha value is -1.57. The third-order valence-electron chi connectivity index (χ3n) is 3.88. The van der Waals surface area contributed by atoms with Crippen molar-refractivity contribution in [2.75, 3.05) is 0 Å². The van der Waals surface area contributed by atoms with Crippen LogP contribution < -0.4 is 0 Å². The second-order valence-corrected chi connectivity index (χ2v) is 4.87. The van der Waals surface area contributed by atoms with Gasteiger partial charge in [-0.15, -0.1) is 0 Å². The third-order valence-corrected chi connectivity index (χ3v) is 3.88. The Bertz CT molecular complexity index is 447. The largest absolute Gasteiger partial charge is 0.481 e. The summed E-state index contributed by atoms with van der Waals surface area (Å²) in [7, 11) is 0. The molecule has 2 atom stereocenters. The van der Waals surface area contributed by atoms with Gasteiger partial charge < -0.3 is 5.11 Å². The molecule has 0 aliphatic heterocycles. The first kappa shape index (κ1) is 11.9. The Morgan fingerprint density at radius 1 is 1.47 bits per heavy atom. The van der Waals surface area contributed by atoms with Gasteiger partial charge in [0.15, 0.2) is 0 Å². The van der Waals surface area contributed by atoms with Crippen molar-refractivity contribution in [3.05, 3.63) is 41.5 Å². The van der Waals surface area contributed by atoms with E-state index in [-0.39, 0.29) is 5.92 Å². The molecule has 2 rings (SSSR count). The fourth-order valence-electron chi connectivity index (χ4n) is 2.59. The number of aliphatic carboxylic acids is 1. The van der Waals surface area contributed by atoms with E-state index in [1.807, 2.05) is 44.2 Å². The number of carboxylic acids is 1. The minimum atomic E-state index is -0.647. The standard InChI is InChI=1S/C15H18O2/c1-3-15(14(16)17)10-13(15)11(2)9-12-7-5-4-6-8-12/h4-9,13H,3,10H2,1-2H3,(H,16,17)/b11-9+. The Morgan fingerprint density at radius 3 is 2.59 bits per heavy atom. The van der Waals surface area contributed by atoms with Crippen LogP contribution in [-0.4, -0.2) is 11.1 Å². The highest BCUT2D eigenvalue weighted by Gasteiger charge is 2.59. The topological polar surface area (TPSA) is 37.3 Å². The van der Waals surface area contributed by atoms with Crippen LogP contribution in [0.1, 0.15) is 32.3 Å². The van der Waals surface area contributed by atoms with Crippen LogP contribution in [0.5, 0.6) is 0 Å². The Balaban J connectivity index is 2.16. The smallest absolute Gasteiger partial charge is 0.310 e. The summed E-state index contributed by atoms with van der Waals surface area (Å²) < 4.78 is 0. The average molecular weight is 230 g/mol. The van der Waals surface area contributed by atoms with Gasteiger partial charge in [0.1, 0.15) is 0 Å². The van der Waals surface area contributed by atoms with Crippen LogP contribution in [0.2, 0.25) is 0 Å². The highest BCUT2D eigenvalue weighted by molar-refractivity contribution is 5.80. The van der Waals surface area contributed by atoms with E-state index in [1.165, 1.54) is 5.57 Å². The lowest BCUT2D eigenvalue weighted by Gasteiger charge is -2.09. The molecule has 90 valence electrons. The molecule has 1 aliphatic carbocycles. The molecule has 0 bridgehead atoms. The highest BCUT2D eigenvalue weighted by Crippen LogP contribution is 2.59. The first-order chi connectivity index (χ1) is 8.10. The van der Waals surface area contributed by atoms with Crippen molar-refractivity contribution in [3.63, 3.8) is 0 Å². The van der Waals surface area contributed by atoms with Gasteiger partial charge in [-0.1, -0.05) is 48.9 Å². The Morgan fingerprint density at radius 2 is 2.12 bits per heavy atom. The molecule has 2 heteroatoms. The summed E-state index contributed by atoms with van der Waals surface area (Å²) in [6.45, 7) is 4.00. The molecule has 1 aliphatic rings.